The van der Waals surface area contributed by atoms with Crippen LogP contribution in [0.2, 0.25) is 0 Å². The van der Waals surface area contributed by atoms with E-state index in [4.69, 9.17) is 0 Å². The Morgan fingerprint density at radius 2 is 0.841 bits per heavy atom. The van der Waals surface area contributed by atoms with Crippen LogP contribution >= 0.6 is 34.0 Å². The summed E-state index contributed by atoms with van der Waals surface area (Å²) < 4.78 is 7.95. The Morgan fingerprint density at radius 3 is 1.66 bits per heavy atom. The highest BCUT2D eigenvalue weighted by Crippen LogP contribution is 2.47. The molecule has 0 amide bonds. The molecular formula is C40H23NS3. The van der Waals surface area contributed by atoms with Gasteiger partial charge in [-0.25, -0.2) is 0 Å². The number of anilines is 3. The lowest BCUT2D eigenvalue weighted by molar-refractivity contribution is 1.31. The van der Waals surface area contributed by atoms with Crippen molar-refractivity contribution in [2.75, 3.05) is 4.90 Å². The Bertz CT molecular complexity index is 2740. The minimum absolute atomic E-state index is 1.17. The molecule has 0 aliphatic rings. The van der Waals surface area contributed by atoms with Crippen molar-refractivity contribution in [2.45, 2.75) is 0 Å². The molecular weight excluding hydrogens is 591 g/mol. The molecule has 0 saturated carbocycles. The summed E-state index contributed by atoms with van der Waals surface area (Å²) in [6.07, 6.45) is 0. The van der Waals surface area contributed by atoms with Gasteiger partial charge >= 0.3 is 0 Å². The fraction of sp³-hybridized carbons (Fsp3) is 0. The molecule has 44 heavy (non-hydrogen) atoms. The Balaban J connectivity index is 1.28. The molecule has 3 aromatic heterocycles. The molecule has 10 aromatic rings. The smallest absolute Gasteiger partial charge is 0.0540 e. The Hall–Kier alpha value is -4.74. The van der Waals surface area contributed by atoms with Crippen molar-refractivity contribution >= 4 is 122 Å². The highest BCUT2D eigenvalue weighted by Gasteiger charge is 2.20. The summed E-state index contributed by atoms with van der Waals surface area (Å²) >= 11 is 5.62. The zero-order chi connectivity index (χ0) is 28.8. The van der Waals surface area contributed by atoms with Gasteiger partial charge in [-0.05, 0) is 66.0 Å². The molecule has 3 heterocycles. The van der Waals surface area contributed by atoms with Crippen molar-refractivity contribution in [1.82, 2.24) is 0 Å². The second-order valence-corrected chi connectivity index (χ2v) is 14.6. The molecule has 0 spiro atoms. The van der Waals surface area contributed by atoms with Crippen LogP contribution in [-0.2, 0) is 0 Å². The Kier molecular flexibility index (Phi) is 5.26. The van der Waals surface area contributed by atoms with Crippen molar-refractivity contribution in [3.8, 4) is 0 Å². The summed E-state index contributed by atoms with van der Waals surface area (Å²) in [5, 5.41) is 10.5. The van der Waals surface area contributed by atoms with Crippen LogP contribution in [0.15, 0.2) is 140 Å². The lowest BCUT2D eigenvalue weighted by atomic mass is 10.0. The summed E-state index contributed by atoms with van der Waals surface area (Å²) in [6, 6.07) is 51.7. The van der Waals surface area contributed by atoms with Crippen molar-refractivity contribution in [2.24, 2.45) is 0 Å². The lowest BCUT2D eigenvalue weighted by Gasteiger charge is -2.27. The molecule has 0 aliphatic heterocycles. The van der Waals surface area contributed by atoms with Crippen LogP contribution in [0.5, 0.6) is 0 Å². The number of fused-ring (bicyclic) bond motifs is 11. The van der Waals surface area contributed by atoms with Crippen LogP contribution in [0, 0.1) is 0 Å². The number of thiophene rings is 3. The van der Waals surface area contributed by atoms with E-state index < -0.39 is 0 Å². The molecule has 0 N–H and O–H groups in total. The van der Waals surface area contributed by atoms with E-state index in [2.05, 4.69) is 144 Å². The zero-order valence-electron chi connectivity index (χ0n) is 23.5. The number of hydrogen-bond acceptors (Lipinski definition) is 4. The summed E-state index contributed by atoms with van der Waals surface area (Å²) in [5.74, 6) is 0. The molecule has 1 nitrogen and oxygen atoms in total. The van der Waals surface area contributed by atoms with Crippen LogP contribution in [0.25, 0.3) is 71.3 Å². The molecule has 0 unspecified atom stereocenters. The molecule has 206 valence electrons. The first kappa shape index (κ1) is 24.7. The first-order valence-electron chi connectivity index (χ1n) is 14.8. The van der Waals surface area contributed by atoms with Crippen molar-refractivity contribution in [1.29, 1.82) is 0 Å². The largest absolute Gasteiger partial charge is 0.310 e. The average molecular weight is 614 g/mol. The highest BCUT2D eigenvalue weighted by atomic mass is 32.1. The third-order valence-corrected chi connectivity index (χ3v) is 12.3. The monoisotopic (exact) mass is 613 g/mol. The van der Waals surface area contributed by atoms with Gasteiger partial charge in [0, 0.05) is 77.3 Å². The fourth-order valence-electron chi connectivity index (χ4n) is 6.89. The summed E-state index contributed by atoms with van der Waals surface area (Å²) in [5.41, 5.74) is 3.54. The third kappa shape index (κ3) is 3.56. The van der Waals surface area contributed by atoms with E-state index in [1.54, 1.807) is 0 Å². The molecule has 0 aliphatic carbocycles. The summed E-state index contributed by atoms with van der Waals surface area (Å²) in [7, 11) is 0. The van der Waals surface area contributed by atoms with E-state index in [-0.39, 0.29) is 0 Å². The van der Waals surface area contributed by atoms with Gasteiger partial charge in [0.25, 0.3) is 0 Å². The van der Waals surface area contributed by atoms with E-state index in [1.807, 2.05) is 34.0 Å². The summed E-state index contributed by atoms with van der Waals surface area (Å²) in [6.45, 7) is 0. The van der Waals surface area contributed by atoms with Gasteiger partial charge in [-0.3, -0.25) is 0 Å². The highest BCUT2D eigenvalue weighted by molar-refractivity contribution is 7.26. The first-order valence-corrected chi connectivity index (χ1v) is 17.2. The predicted molar refractivity (Wildman–Crippen MR) is 197 cm³/mol. The molecule has 4 heteroatoms. The maximum atomic E-state index is 2.47. The Labute approximate surface area is 265 Å². The van der Waals surface area contributed by atoms with E-state index in [0.29, 0.717) is 0 Å². The molecule has 0 atom stereocenters. The van der Waals surface area contributed by atoms with Gasteiger partial charge in [-0.1, -0.05) is 78.9 Å². The number of hydrogen-bond donors (Lipinski definition) is 0. The zero-order valence-corrected chi connectivity index (χ0v) is 25.9. The third-order valence-electron chi connectivity index (χ3n) is 8.86. The standard InChI is InChI=1S/C40H23NS3/c1-4-13-34-27(8-1)29-18-16-25(23-39(29)44-34)41(24-17-20-37-32(22-24)28-9-2-5-14-35(28)42-37)33-12-7-11-30-26(33)19-21-38-40(30)31-10-3-6-15-36(31)43-38/h1-23H. The topological polar surface area (TPSA) is 3.24 Å². The molecule has 10 rings (SSSR count). The normalized spacial score (nSPS) is 12.1. The number of benzene rings is 7. The number of rotatable bonds is 3. The first-order chi connectivity index (χ1) is 21.8. The molecule has 0 radical (unpaired) electrons. The quantitative estimate of drug-likeness (QED) is 0.192. The van der Waals surface area contributed by atoms with Gasteiger partial charge in [0.2, 0.25) is 0 Å². The molecule has 0 fully saturated rings. The van der Waals surface area contributed by atoms with Crippen molar-refractivity contribution < 1.29 is 0 Å². The van der Waals surface area contributed by atoms with Crippen LogP contribution < -0.4 is 4.90 Å². The summed E-state index contributed by atoms with van der Waals surface area (Å²) in [4.78, 5) is 2.47. The van der Waals surface area contributed by atoms with E-state index in [1.165, 1.54) is 88.4 Å². The second-order valence-electron chi connectivity index (χ2n) is 11.3. The van der Waals surface area contributed by atoms with Crippen LogP contribution in [0.4, 0.5) is 17.1 Å². The van der Waals surface area contributed by atoms with Crippen molar-refractivity contribution in [3.63, 3.8) is 0 Å². The average Bonchev–Trinajstić information content (AvgIpc) is 3.75. The maximum absolute atomic E-state index is 2.47. The van der Waals surface area contributed by atoms with Gasteiger partial charge < -0.3 is 4.90 Å². The van der Waals surface area contributed by atoms with Gasteiger partial charge in [-0.15, -0.1) is 34.0 Å². The molecule has 7 aromatic carbocycles. The predicted octanol–water partition coefficient (Wildman–Crippen LogP) is 13.4. The molecule has 0 saturated heterocycles. The maximum Gasteiger partial charge on any atom is 0.0540 e. The fourth-order valence-corrected chi connectivity index (χ4v) is 10.2. The van der Waals surface area contributed by atoms with E-state index in [9.17, 15) is 0 Å². The van der Waals surface area contributed by atoms with E-state index in [0.717, 1.165) is 0 Å². The van der Waals surface area contributed by atoms with Gasteiger partial charge in [0.15, 0.2) is 0 Å². The van der Waals surface area contributed by atoms with Crippen LogP contribution in [0.3, 0.4) is 0 Å². The van der Waals surface area contributed by atoms with Gasteiger partial charge in [0.05, 0.1) is 5.69 Å². The minimum atomic E-state index is 1.17. The van der Waals surface area contributed by atoms with Crippen LogP contribution in [-0.4, -0.2) is 0 Å². The van der Waals surface area contributed by atoms with Crippen molar-refractivity contribution in [3.05, 3.63) is 140 Å². The van der Waals surface area contributed by atoms with Gasteiger partial charge in [0.1, 0.15) is 0 Å². The number of nitrogens with zero attached hydrogens (tertiary/aromatic N) is 1. The molecule has 0 bridgehead atoms. The Morgan fingerprint density at radius 1 is 0.318 bits per heavy atom. The van der Waals surface area contributed by atoms with Crippen LogP contribution in [0.1, 0.15) is 0 Å². The minimum Gasteiger partial charge on any atom is -0.310 e. The second kappa shape index (κ2) is 9.38. The SMILES string of the molecule is c1ccc2c(c1)sc1cc(N(c3ccc4sc5ccccc5c4c3)c3cccc4c3ccc3sc5ccccc5c34)ccc12. The lowest BCUT2D eigenvalue weighted by Crippen LogP contribution is -2.10. The van der Waals surface area contributed by atoms with Gasteiger partial charge in [-0.2, -0.15) is 0 Å². The van der Waals surface area contributed by atoms with E-state index >= 15 is 0 Å².